The van der Waals surface area contributed by atoms with E-state index in [2.05, 4.69) is 22.4 Å². The Morgan fingerprint density at radius 1 is 1.37 bits per heavy atom. The van der Waals surface area contributed by atoms with E-state index in [1.54, 1.807) is 11.8 Å². The van der Waals surface area contributed by atoms with Gasteiger partial charge in [0.15, 0.2) is 5.17 Å². The molecule has 1 aromatic rings. The minimum Gasteiger partial charge on any atom is -0.361 e. The summed E-state index contributed by atoms with van der Waals surface area (Å²) in [5.74, 6) is 1.09. The van der Waals surface area contributed by atoms with Gasteiger partial charge in [-0.25, -0.2) is 8.42 Å². The number of aliphatic imine (C=N–C) groups is 1. The van der Waals surface area contributed by atoms with Gasteiger partial charge in [0.25, 0.3) is 0 Å². The first-order valence-electron chi connectivity index (χ1n) is 6.18. The van der Waals surface area contributed by atoms with Gasteiger partial charge in [0, 0.05) is 18.1 Å². The second kappa shape index (κ2) is 6.43. The van der Waals surface area contributed by atoms with Gasteiger partial charge in [-0.3, -0.25) is 4.99 Å². The average molecular weight is 298 g/mol. The topological polar surface area (TPSA) is 58.5 Å². The molecule has 0 saturated carbocycles. The SMILES string of the molecule is CS(=O)(=O)CCN=C1NC(Cc2ccccc2)CS1. The Morgan fingerprint density at radius 3 is 2.79 bits per heavy atom. The van der Waals surface area contributed by atoms with Crippen LogP contribution in [0.3, 0.4) is 0 Å². The van der Waals surface area contributed by atoms with Crippen LogP contribution in [0.5, 0.6) is 0 Å². The molecule has 0 aliphatic carbocycles. The van der Waals surface area contributed by atoms with Crippen molar-refractivity contribution in [2.45, 2.75) is 12.5 Å². The third-order valence-corrected chi connectivity index (χ3v) is 4.80. The standard InChI is InChI=1S/C13H18N2O2S2/c1-19(16,17)8-7-14-13-15-12(10-18-13)9-11-5-3-2-4-6-11/h2-6,12H,7-10H2,1H3,(H,14,15). The Hall–Kier alpha value is -1.01. The maximum atomic E-state index is 11.0. The van der Waals surface area contributed by atoms with E-state index in [1.807, 2.05) is 18.2 Å². The van der Waals surface area contributed by atoms with Crippen molar-refractivity contribution in [1.29, 1.82) is 0 Å². The van der Waals surface area contributed by atoms with E-state index in [0.717, 1.165) is 17.3 Å². The molecule has 1 atom stereocenters. The molecular formula is C13H18N2O2S2. The van der Waals surface area contributed by atoms with Crippen LogP contribution in [0.15, 0.2) is 35.3 Å². The normalized spacial score (nSPS) is 21.5. The molecule has 4 nitrogen and oxygen atoms in total. The predicted octanol–water partition coefficient (Wildman–Crippen LogP) is 1.33. The lowest BCUT2D eigenvalue weighted by atomic mass is 10.1. The zero-order chi connectivity index (χ0) is 13.7. The molecular weight excluding hydrogens is 280 g/mol. The van der Waals surface area contributed by atoms with Crippen molar-refractivity contribution >= 4 is 26.8 Å². The maximum absolute atomic E-state index is 11.0. The second-order valence-corrected chi connectivity index (χ2v) is 7.93. The van der Waals surface area contributed by atoms with Gasteiger partial charge in [-0.1, -0.05) is 42.1 Å². The van der Waals surface area contributed by atoms with Crippen molar-refractivity contribution in [3.05, 3.63) is 35.9 Å². The number of sulfone groups is 1. The van der Waals surface area contributed by atoms with Crippen molar-refractivity contribution in [3.63, 3.8) is 0 Å². The third-order valence-electron chi connectivity index (χ3n) is 2.79. The molecule has 2 rings (SSSR count). The Kier molecular flexibility index (Phi) is 4.87. The van der Waals surface area contributed by atoms with Gasteiger partial charge in [-0.2, -0.15) is 0 Å². The van der Waals surface area contributed by atoms with Crippen LogP contribution >= 0.6 is 11.8 Å². The van der Waals surface area contributed by atoms with Gasteiger partial charge in [0.05, 0.1) is 12.3 Å². The molecule has 0 amide bonds. The highest BCUT2D eigenvalue weighted by atomic mass is 32.2. The van der Waals surface area contributed by atoms with Crippen molar-refractivity contribution in [1.82, 2.24) is 5.32 Å². The molecule has 1 saturated heterocycles. The van der Waals surface area contributed by atoms with Crippen LogP contribution in [0, 0.1) is 0 Å². The average Bonchev–Trinajstić information content (AvgIpc) is 2.76. The number of nitrogens with one attached hydrogen (secondary N) is 1. The lowest BCUT2D eigenvalue weighted by Gasteiger charge is -2.09. The van der Waals surface area contributed by atoms with Gasteiger partial charge < -0.3 is 5.32 Å². The van der Waals surface area contributed by atoms with Crippen LogP contribution in [0.4, 0.5) is 0 Å². The van der Waals surface area contributed by atoms with Gasteiger partial charge in [-0.15, -0.1) is 0 Å². The van der Waals surface area contributed by atoms with Crippen LogP contribution < -0.4 is 5.32 Å². The molecule has 1 aliphatic heterocycles. The van der Waals surface area contributed by atoms with Gasteiger partial charge in [0.1, 0.15) is 9.84 Å². The molecule has 1 N–H and O–H groups in total. The summed E-state index contributed by atoms with van der Waals surface area (Å²) in [6.45, 7) is 0.340. The van der Waals surface area contributed by atoms with Crippen LogP contribution in [0.1, 0.15) is 5.56 Å². The van der Waals surface area contributed by atoms with Crippen LogP contribution in [-0.2, 0) is 16.3 Å². The summed E-state index contributed by atoms with van der Waals surface area (Å²) in [5, 5.41) is 4.21. The van der Waals surface area contributed by atoms with E-state index in [9.17, 15) is 8.42 Å². The van der Waals surface area contributed by atoms with Crippen molar-refractivity contribution in [3.8, 4) is 0 Å². The molecule has 1 aromatic carbocycles. The highest BCUT2D eigenvalue weighted by Gasteiger charge is 2.20. The first kappa shape index (κ1) is 14.4. The van der Waals surface area contributed by atoms with Gasteiger partial charge >= 0.3 is 0 Å². The molecule has 0 radical (unpaired) electrons. The molecule has 0 bridgehead atoms. The molecule has 1 fully saturated rings. The quantitative estimate of drug-likeness (QED) is 0.891. The molecule has 0 aromatic heterocycles. The summed E-state index contributed by atoms with van der Waals surface area (Å²) in [5.41, 5.74) is 1.30. The predicted molar refractivity (Wildman–Crippen MR) is 81.5 cm³/mol. The molecule has 104 valence electrons. The number of benzene rings is 1. The fourth-order valence-electron chi connectivity index (χ4n) is 1.85. The summed E-state index contributed by atoms with van der Waals surface area (Å²) < 4.78 is 22.0. The second-order valence-electron chi connectivity index (χ2n) is 4.66. The fourth-order valence-corrected chi connectivity index (χ4v) is 3.27. The number of hydrogen-bond acceptors (Lipinski definition) is 4. The Morgan fingerprint density at radius 2 is 2.11 bits per heavy atom. The number of nitrogens with zero attached hydrogens (tertiary/aromatic N) is 1. The largest absolute Gasteiger partial charge is 0.361 e. The minimum absolute atomic E-state index is 0.113. The van der Waals surface area contributed by atoms with Gasteiger partial charge in [-0.05, 0) is 12.0 Å². The zero-order valence-electron chi connectivity index (χ0n) is 10.9. The molecule has 1 heterocycles. The number of amidine groups is 1. The Bertz CT molecular complexity index is 541. The van der Waals surface area contributed by atoms with E-state index < -0.39 is 9.84 Å². The monoisotopic (exact) mass is 298 g/mol. The van der Waals surface area contributed by atoms with E-state index in [-0.39, 0.29) is 5.75 Å². The number of thioether (sulfide) groups is 1. The lowest BCUT2D eigenvalue weighted by molar-refractivity contribution is 0.601. The minimum atomic E-state index is -2.92. The van der Waals surface area contributed by atoms with Gasteiger partial charge in [0.2, 0.25) is 0 Å². The summed E-state index contributed by atoms with van der Waals surface area (Å²) in [6.07, 6.45) is 2.21. The third kappa shape index (κ3) is 5.24. The highest BCUT2D eigenvalue weighted by molar-refractivity contribution is 8.14. The van der Waals surface area contributed by atoms with E-state index in [1.165, 1.54) is 11.8 Å². The first-order valence-corrected chi connectivity index (χ1v) is 9.23. The fraction of sp³-hybridized carbons (Fsp3) is 0.462. The summed E-state index contributed by atoms with van der Waals surface area (Å²) >= 11 is 1.66. The van der Waals surface area contributed by atoms with E-state index >= 15 is 0 Å². The van der Waals surface area contributed by atoms with E-state index in [0.29, 0.717) is 12.6 Å². The maximum Gasteiger partial charge on any atom is 0.156 e. The Labute approximate surface area is 118 Å². The smallest absolute Gasteiger partial charge is 0.156 e. The summed E-state index contributed by atoms with van der Waals surface area (Å²) in [7, 11) is -2.92. The van der Waals surface area contributed by atoms with Crippen LogP contribution in [-0.4, -0.2) is 43.9 Å². The van der Waals surface area contributed by atoms with Crippen molar-refractivity contribution in [2.75, 3.05) is 24.3 Å². The van der Waals surface area contributed by atoms with E-state index in [4.69, 9.17) is 0 Å². The number of hydrogen-bond donors (Lipinski definition) is 1. The first-order chi connectivity index (χ1) is 9.03. The molecule has 0 spiro atoms. The number of rotatable bonds is 5. The van der Waals surface area contributed by atoms with Crippen LogP contribution in [0.2, 0.25) is 0 Å². The lowest BCUT2D eigenvalue weighted by Crippen LogP contribution is -2.29. The molecule has 6 heteroatoms. The summed E-state index contributed by atoms with van der Waals surface area (Å²) in [6, 6.07) is 10.7. The van der Waals surface area contributed by atoms with Crippen LogP contribution in [0.25, 0.3) is 0 Å². The van der Waals surface area contributed by atoms with Crippen molar-refractivity contribution in [2.24, 2.45) is 4.99 Å². The zero-order valence-corrected chi connectivity index (χ0v) is 12.5. The highest BCUT2D eigenvalue weighted by Crippen LogP contribution is 2.17. The Balaban J connectivity index is 1.81. The summed E-state index contributed by atoms with van der Waals surface area (Å²) in [4.78, 5) is 4.29. The molecule has 1 unspecified atom stereocenters. The van der Waals surface area contributed by atoms with Crippen molar-refractivity contribution < 1.29 is 8.42 Å². The molecule has 1 aliphatic rings. The molecule has 19 heavy (non-hydrogen) atoms.